The molecule has 0 atom stereocenters. The fourth-order valence-corrected chi connectivity index (χ4v) is 9.49. The summed E-state index contributed by atoms with van der Waals surface area (Å²) in [5.41, 5.74) is 7.59. The second kappa shape index (κ2) is 12.7. The zero-order valence-corrected chi connectivity index (χ0v) is 32.2. The molecule has 5 nitrogen and oxygen atoms in total. The summed E-state index contributed by atoms with van der Waals surface area (Å²) >= 11 is 0. The van der Waals surface area contributed by atoms with Gasteiger partial charge in [-0.1, -0.05) is 158 Å². The lowest BCUT2D eigenvalue weighted by Crippen LogP contribution is -2.01. The number of hydrogen-bond donors (Lipinski definition) is 0. The molecule has 3 heterocycles. The van der Waals surface area contributed by atoms with Crippen molar-refractivity contribution in [3.8, 4) is 39.9 Å². The zero-order chi connectivity index (χ0) is 39.3. The van der Waals surface area contributed by atoms with Gasteiger partial charge >= 0.3 is 0 Å². The summed E-state index contributed by atoms with van der Waals surface area (Å²) in [5, 5.41) is 13.8. The molecule has 13 aromatic rings. The Morgan fingerprint density at radius 3 is 1.77 bits per heavy atom. The van der Waals surface area contributed by atoms with E-state index in [1.54, 1.807) is 0 Å². The highest BCUT2D eigenvalue weighted by Gasteiger charge is 2.23. The van der Waals surface area contributed by atoms with Gasteiger partial charge in [0.2, 0.25) is 0 Å². The molecule has 5 heteroatoms. The van der Waals surface area contributed by atoms with Gasteiger partial charge in [-0.15, -0.1) is 0 Å². The van der Waals surface area contributed by atoms with Crippen molar-refractivity contribution in [1.82, 2.24) is 19.5 Å². The Balaban J connectivity index is 1.09. The van der Waals surface area contributed by atoms with Crippen LogP contribution in [0.5, 0.6) is 0 Å². The van der Waals surface area contributed by atoms with Crippen LogP contribution in [0.4, 0.5) is 0 Å². The quantitative estimate of drug-likeness (QED) is 0.167. The molecule has 0 unspecified atom stereocenters. The molecule has 0 aliphatic heterocycles. The number of para-hydroxylation sites is 2. The van der Waals surface area contributed by atoms with Crippen LogP contribution in [0, 0.1) is 0 Å². The van der Waals surface area contributed by atoms with Crippen molar-refractivity contribution in [2.45, 2.75) is 0 Å². The van der Waals surface area contributed by atoms with E-state index < -0.39 is 0 Å². The lowest BCUT2D eigenvalue weighted by molar-refractivity contribution is 0.669. The molecule has 0 N–H and O–H groups in total. The van der Waals surface area contributed by atoms with Gasteiger partial charge in [0.25, 0.3) is 0 Å². The summed E-state index contributed by atoms with van der Waals surface area (Å²) in [7, 11) is 0. The minimum atomic E-state index is 0.555. The number of furan rings is 1. The standard InChI is InChI=1S/C55H32N4O/c1-2-15-33(16-3-1)53-56-54(58-55(57-53)46-30-36-19-6-7-20-37(36)38-21-8-9-22-39(38)46)44-27-14-26-43-51-42-25-11-10-23-40(42)49(32-50(51)60-52(43)44)59-47-28-13-12-24-41(47)45-29-34-17-4-5-18-35(34)31-48(45)59/h1-32H. The Morgan fingerprint density at radius 1 is 0.350 bits per heavy atom. The summed E-state index contributed by atoms with van der Waals surface area (Å²) in [6, 6.07) is 68.5. The maximum Gasteiger partial charge on any atom is 0.167 e. The molecule has 3 aromatic heterocycles. The minimum absolute atomic E-state index is 0.555. The van der Waals surface area contributed by atoms with E-state index in [1.807, 2.05) is 30.3 Å². The van der Waals surface area contributed by atoms with Crippen molar-refractivity contribution in [2.75, 3.05) is 0 Å². The Kier molecular flexibility index (Phi) is 6.95. The van der Waals surface area contributed by atoms with Gasteiger partial charge in [0.05, 0.1) is 22.3 Å². The molecule has 0 saturated carbocycles. The molecular formula is C55H32N4O. The van der Waals surface area contributed by atoms with Crippen LogP contribution in [0.25, 0.3) is 127 Å². The molecule has 13 rings (SSSR count). The van der Waals surface area contributed by atoms with E-state index in [4.69, 9.17) is 19.4 Å². The average Bonchev–Trinajstić information content (AvgIpc) is 3.85. The highest BCUT2D eigenvalue weighted by Crippen LogP contribution is 2.44. The predicted molar refractivity (Wildman–Crippen MR) is 248 cm³/mol. The topological polar surface area (TPSA) is 56.7 Å². The van der Waals surface area contributed by atoms with Crippen molar-refractivity contribution < 1.29 is 4.42 Å². The average molecular weight is 765 g/mol. The lowest BCUT2D eigenvalue weighted by Gasteiger charge is -2.13. The summed E-state index contributed by atoms with van der Waals surface area (Å²) < 4.78 is 9.49. The fourth-order valence-electron chi connectivity index (χ4n) is 9.49. The van der Waals surface area contributed by atoms with E-state index in [0.29, 0.717) is 17.5 Å². The molecule has 278 valence electrons. The minimum Gasteiger partial charge on any atom is -0.455 e. The highest BCUT2D eigenvalue weighted by atomic mass is 16.3. The van der Waals surface area contributed by atoms with E-state index in [9.17, 15) is 0 Å². The normalized spacial score (nSPS) is 12.0. The summed E-state index contributed by atoms with van der Waals surface area (Å²) in [5.74, 6) is 1.77. The van der Waals surface area contributed by atoms with E-state index in [2.05, 4.69) is 168 Å². The van der Waals surface area contributed by atoms with E-state index in [-0.39, 0.29) is 0 Å². The first kappa shape index (κ1) is 32.9. The van der Waals surface area contributed by atoms with Crippen LogP contribution in [-0.4, -0.2) is 19.5 Å². The third kappa shape index (κ3) is 4.84. The Morgan fingerprint density at radius 2 is 0.950 bits per heavy atom. The van der Waals surface area contributed by atoms with E-state index in [0.717, 1.165) is 82.3 Å². The van der Waals surface area contributed by atoms with Crippen molar-refractivity contribution in [3.63, 3.8) is 0 Å². The summed E-state index contributed by atoms with van der Waals surface area (Å²) in [6.45, 7) is 0. The van der Waals surface area contributed by atoms with Gasteiger partial charge < -0.3 is 8.98 Å². The summed E-state index contributed by atoms with van der Waals surface area (Å²) in [4.78, 5) is 15.7. The van der Waals surface area contributed by atoms with Crippen molar-refractivity contribution >= 4 is 86.8 Å². The van der Waals surface area contributed by atoms with Gasteiger partial charge in [-0.3, -0.25) is 0 Å². The van der Waals surface area contributed by atoms with Crippen LogP contribution in [0.1, 0.15) is 0 Å². The monoisotopic (exact) mass is 764 g/mol. The number of hydrogen-bond acceptors (Lipinski definition) is 4. The van der Waals surface area contributed by atoms with Crippen LogP contribution in [-0.2, 0) is 0 Å². The molecular weight excluding hydrogens is 733 g/mol. The molecule has 0 aliphatic carbocycles. The van der Waals surface area contributed by atoms with Crippen LogP contribution >= 0.6 is 0 Å². The molecule has 0 bridgehead atoms. The van der Waals surface area contributed by atoms with Crippen molar-refractivity contribution in [1.29, 1.82) is 0 Å². The maximum absolute atomic E-state index is 7.08. The molecule has 0 fully saturated rings. The molecule has 60 heavy (non-hydrogen) atoms. The zero-order valence-electron chi connectivity index (χ0n) is 32.2. The molecule has 0 aliphatic rings. The third-order valence-electron chi connectivity index (χ3n) is 12.2. The number of rotatable bonds is 4. The Bertz CT molecular complexity index is 3900. The third-order valence-corrected chi connectivity index (χ3v) is 12.2. The maximum atomic E-state index is 7.08. The molecule has 0 radical (unpaired) electrons. The van der Waals surface area contributed by atoms with Crippen molar-refractivity contribution in [2.24, 2.45) is 0 Å². The smallest absolute Gasteiger partial charge is 0.167 e. The number of aromatic nitrogens is 4. The van der Waals surface area contributed by atoms with Gasteiger partial charge in [0.1, 0.15) is 11.2 Å². The fraction of sp³-hybridized carbons (Fsp3) is 0. The second-order valence-corrected chi connectivity index (χ2v) is 15.5. The van der Waals surface area contributed by atoms with E-state index >= 15 is 0 Å². The van der Waals surface area contributed by atoms with Crippen LogP contribution in [0.2, 0.25) is 0 Å². The van der Waals surface area contributed by atoms with E-state index in [1.165, 1.54) is 26.9 Å². The number of fused-ring (bicyclic) bond motifs is 12. The SMILES string of the molecule is c1ccc(-c2nc(-c3cc4ccccc4c4ccccc34)nc(-c3cccc4c3oc3cc(-n5c6ccccc6c6cc7ccccc7cc65)c5ccccc5c34)n2)cc1. The lowest BCUT2D eigenvalue weighted by atomic mass is 9.97. The largest absolute Gasteiger partial charge is 0.455 e. The van der Waals surface area contributed by atoms with Gasteiger partial charge in [0, 0.05) is 44.1 Å². The molecule has 0 saturated heterocycles. The Labute approximate surface area is 343 Å². The first-order valence-electron chi connectivity index (χ1n) is 20.3. The van der Waals surface area contributed by atoms with Crippen LogP contribution in [0.15, 0.2) is 199 Å². The molecule has 10 aromatic carbocycles. The Hall–Kier alpha value is -8.15. The van der Waals surface area contributed by atoms with Crippen LogP contribution < -0.4 is 0 Å². The van der Waals surface area contributed by atoms with Gasteiger partial charge in [-0.25, -0.2) is 15.0 Å². The summed E-state index contributed by atoms with van der Waals surface area (Å²) in [6.07, 6.45) is 0. The second-order valence-electron chi connectivity index (χ2n) is 15.5. The van der Waals surface area contributed by atoms with Gasteiger partial charge in [-0.2, -0.15) is 0 Å². The molecule has 0 amide bonds. The van der Waals surface area contributed by atoms with Crippen molar-refractivity contribution in [3.05, 3.63) is 194 Å². The highest BCUT2D eigenvalue weighted by molar-refractivity contribution is 6.23. The number of nitrogens with zero attached hydrogens (tertiary/aromatic N) is 4. The first-order valence-corrected chi connectivity index (χ1v) is 20.3. The molecule has 0 spiro atoms. The predicted octanol–water partition coefficient (Wildman–Crippen LogP) is 14.5. The van der Waals surface area contributed by atoms with Gasteiger partial charge in [-0.05, 0) is 68.0 Å². The van der Waals surface area contributed by atoms with Gasteiger partial charge in [0.15, 0.2) is 17.5 Å². The first-order chi connectivity index (χ1) is 29.7. The number of benzene rings is 10. The van der Waals surface area contributed by atoms with Crippen LogP contribution in [0.3, 0.4) is 0 Å².